The second-order valence-electron chi connectivity index (χ2n) is 8.82. The van der Waals surface area contributed by atoms with E-state index in [0.29, 0.717) is 5.92 Å². The zero-order valence-corrected chi connectivity index (χ0v) is 17.4. The molecule has 0 radical (unpaired) electrons. The molecule has 0 bridgehead atoms. The van der Waals surface area contributed by atoms with E-state index < -0.39 is 0 Å². The summed E-state index contributed by atoms with van der Waals surface area (Å²) in [6, 6.07) is 25.7. The molecular weight excluding hydrogens is 357 g/mol. The molecule has 1 saturated heterocycles. The molecule has 0 spiro atoms. The fraction of sp³-hybridized carbons (Fsp3) is 0.280. The second-order valence-corrected chi connectivity index (χ2v) is 8.82. The minimum atomic E-state index is -0.333. The lowest BCUT2D eigenvalue weighted by Crippen LogP contribution is -2.37. The predicted octanol–water partition coefficient (Wildman–Crippen LogP) is 5.33. The summed E-state index contributed by atoms with van der Waals surface area (Å²) >= 11 is 0. The Balaban J connectivity index is 1.66. The lowest BCUT2D eigenvalue weighted by Gasteiger charge is -2.28. The van der Waals surface area contributed by atoms with E-state index in [1.54, 1.807) is 0 Å². The smallest absolute Gasteiger partial charge is 0.401 e. The van der Waals surface area contributed by atoms with Gasteiger partial charge in [-0.3, -0.25) is 0 Å². The van der Waals surface area contributed by atoms with Crippen LogP contribution < -0.4 is 5.46 Å². The van der Waals surface area contributed by atoms with Gasteiger partial charge in [0.15, 0.2) is 0 Å². The Morgan fingerprint density at radius 1 is 0.862 bits per heavy atom. The molecule has 2 heterocycles. The highest BCUT2D eigenvalue weighted by molar-refractivity contribution is 6.62. The minimum Gasteiger partial charge on any atom is -0.401 e. The van der Waals surface area contributed by atoms with Gasteiger partial charge in [-0.2, -0.15) is 0 Å². The van der Waals surface area contributed by atoms with Crippen LogP contribution in [-0.2, 0) is 9.31 Å². The van der Waals surface area contributed by atoms with Gasteiger partial charge in [0.2, 0.25) is 0 Å². The van der Waals surface area contributed by atoms with Gasteiger partial charge in [-0.25, -0.2) is 0 Å². The maximum Gasteiger partial charge on any atom is 0.494 e. The van der Waals surface area contributed by atoms with Crippen LogP contribution in [0.5, 0.6) is 0 Å². The molecule has 1 aliphatic rings. The van der Waals surface area contributed by atoms with E-state index in [-0.39, 0.29) is 18.8 Å². The number of hydrogen-bond acceptors (Lipinski definition) is 2. The van der Waals surface area contributed by atoms with Gasteiger partial charge in [0.05, 0.1) is 22.7 Å². The molecule has 1 unspecified atom stereocenters. The highest BCUT2D eigenvalue weighted by Crippen LogP contribution is 2.34. The van der Waals surface area contributed by atoms with E-state index in [1.807, 2.05) is 0 Å². The van der Waals surface area contributed by atoms with Gasteiger partial charge in [-0.05, 0) is 49.5 Å². The van der Waals surface area contributed by atoms with Crippen LogP contribution in [0.15, 0.2) is 72.8 Å². The number of aromatic nitrogens is 1. The van der Waals surface area contributed by atoms with Crippen LogP contribution in [-0.4, -0.2) is 23.4 Å². The zero-order chi connectivity index (χ0) is 20.2. The van der Waals surface area contributed by atoms with Crippen molar-refractivity contribution in [3.63, 3.8) is 0 Å². The van der Waals surface area contributed by atoms with Gasteiger partial charge in [0.25, 0.3) is 0 Å². The Hall–Kier alpha value is -2.56. The molecule has 1 aliphatic heterocycles. The summed E-state index contributed by atoms with van der Waals surface area (Å²) in [5.41, 5.74) is 4.34. The van der Waals surface area contributed by atoms with Gasteiger partial charge in [0.1, 0.15) is 0 Å². The molecule has 4 aromatic rings. The Labute approximate surface area is 172 Å². The molecular formula is C25H26BNO2. The van der Waals surface area contributed by atoms with Crippen molar-refractivity contribution >= 4 is 34.4 Å². The Bertz CT molecular complexity index is 1180. The molecule has 1 aromatic heterocycles. The fourth-order valence-electron chi connectivity index (χ4n) is 4.77. The average molecular weight is 383 g/mol. The monoisotopic (exact) mass is 383 g/mol. The summed E-state index contributed by atoms with van der Waals surface area (Å²) in [5, 5.41) is 2.46. The molecule has 0 saturated carbocycles. The first kappa shape index (κ1) is 18.5. The van der Waals surface area contributed by atoms with Crippen LogP contribution >= 0.6 is 0 Å². The van der Waals surface area contributed by atoms with Gasteiger partial charge in [-0.15, -0.1) is 0 Å². The number of benzene rings is 3. The first-order valence-corrected chi connectivity index (χ1v) is 10.4. The summed E-state index contributed by atoms with van der Waals surface area (Å²) < 4.78 is 15.0. The maximum atomic E-state index is 6.35. The molecule has 146 valence electrons. The van der Waals surface area contributed by atoms with Gasteiger partial charge in [-0.1, -0.05) is 62.4 Å². The normalized spacial score (nSPS) is 18.9. The van der Waals surface area contributed by atoms with Gasteiger partial charge < -0.3 is 13.9 Å². The largest absolute Gasteiger partial charge is 0.494 e. The van der Waals surface area contributed by atoms with Crippen molar-refractivity contribution in [1.29, 1.82) is 0 Å². The molecule has 0 aliphatic carbocycles. The van der Waals surface area contributed by atoms with E-state index in [2.05, 4.69) is 105 Å². The number of para-hydroxylation sites is 2. The molecule has 1 fully saturated rings. The second kappa shape index (κ2) is 6.75. The van der Waals surface area contributed by atoms with Crippen LogP contribution in [0.25, 0.3) is 27.5 Å². The molecule has 4 heteroatoms. The molecule has 0 amide bonds. The maximum absolute atomic E-state index is 6.35. The van der Waals surface area contributed by atoms with Crippen molar-refractivity contribution in [3.05, 3.63) is 72.8 Å². The van der Waals surface area contributed by atoms with Crippen molar-refractivity contribution in [1.82, 2.24) is 4.57 Å². The molecule has 5 rings (SSSR count). The summed E-state index contributed by atoms with van der Waals surface area (Å²) in [6.45, 7) is 8.62. The molecule has 0 N–H and O–H groups in total. The van der Waals surface area contributed by atoms with Crippen LogP contribution in [0.1, 0.15) is 27.7 Å². The quantitative estimate of drug-likeness (QED) is 0.447. The lowest BCUT2D eigenvalue weighted by molar-refractivity contribution is 0.0438. The van der Waals surface area contributed by atoms with Gasteiger partial charge in [0, 0.05) is 16.5 Å². The first-order chi connectivity index (χ1) is 14.0. The Morgan fingerprint density at radius 3 is 2.28 bits per heavy atom. The highest BCUT2D eigenvalue weighted by atomic mass is 16.7. The SMILES string of the molecule is CC(C)C1OB(c2ccc3c(c2)c2ccccc2n3-c2ccccc2)OC1(C)C. The number of rotatable bonds is 3. The molecule has 3 nitrogen and oxygen atoms in total. The van der Waals surface area contributed by atoms with Crippen molar-refractivity contribution < 1.29 is 9.31 Å². The van der Waals surface area contributed by atoms with Crippen LogP contribution in [0.2, 0.25) is 0 Å². The summed E-state index contributed by atoms with van der Waals surface area (Å²) in [7, 11) is -0.333. The van der Waals surface area contributed by atoms with Crippen LogP contribution in [0, 0.1) is 5.92 Å². The summed E-state index contributed by atoms with van der Waals surface area (Å²) in [4.78, 5) is 0. The van der Waals surface area contributed by atoms with E-state index >= 15 is 0 Å². The Morgan fingerprint density at radius 2 is 1.55 bits per heavy atom. The predicted molar refractivity (Wildman–Crippen MR) is 121 cm³/mol. The zero-order valence-electron chi connectivity index (χ0n) is 17.4. The fourth-order valence-corrected chi connectivity index (χ4v) is 4.77. The first-order valence-electron chi connectivity index (χ1n) is 10.4. The van der Waals surface area contributed by atoms with E-state index in [4.69, 9.17) is 9.31 Å². The summed E-state index contributed by atoms with van der Waals surface area (Å²) in [5.74, 6) is 0.402. The topological polar surface area (TPSA) is 23.4 Å². The average Bonchev–Trinajstić information content (AvgIpc) is 3.22. The van der Waals surface area contributed by atoms with E-state index in [1.165, 1.54) is 27.5 Å². The minimum absolute atomic E-state index is 0.0776. The van der Waals surface area contributed by atoms with Crippen molar-refractivity contribution in [2.24, 2.45) is 5.92 Å². The van der Waals surface area contributed by atoms with E-state index in [9.17, 15) is 0 Å². The number of hydrogen-bond donors (Lipinski definition) is 0. The van der Waals surface area contributed by atoms with Crippen molar-refractivity contribution in [2.75, 3.05) is 0 Å². The number of fused-ring (bicyclic) bond motifs is 3. The molecule has 1 atom stereocenters. The van der Waals surface area contributed by atoms with Crippen molar-refractivity contribution in [2.45, 2.75) is 39.4 Å². The third-order valence-electron chi connectivity index (χ3n) is 5.95. The highest BCUT2D eigenvalue weighted by Gasteiger charge is 2.47. The van der Waals surface area contributed by atoms with Crippen LogP contribution in [0.4, 0.5) is 0 Å². The van der Waals surface area contributed by atoms with Crippen molar-refractivity contribution in [3.8, 4) is 5.69 Å². The third kappa shape index (κ3) is 2.99. The Kier molecular flexibility index (Phi) is 4.30. The third-order valence-corrected chi connectivity index (χ3v) is 5.95. The lowest BCUT2D eigenvalue weighted by atomic mass is 9.78. The standard InChI is InChI=1S/C25H26BNO2/c1-17(2)24-25(3,4)29-26(28-24)18-14-15-23-21(16-18)20-12-8-9-13-22(20)27(23)19-10-6-5-7-11-19/h5-17,24H,1-4H3. The number of nitrogens with zero attached hydrogens (tertiary/aromatic N) is 1. The molecule has 29 heavy (non-hydrogen) atoms. The van der Waals surface area contributed by atoms with Crippen LogP contribution in [0.3, 0.4) is 0 Å². The molecule has 3 aromatic carbocycles. The van der Waals surface area contributed by atoms with Gasteiger partial charge >= 0.3 is 7.12 Å². The van der Waals surface area contributed by atoms with E-state index in [0.717, 1.165) is 5.46 Å². The summed E-state index contributed by atoms with van der Waals surface area (Å²) in [6.07, 6.45) is 0.0776.